The van der Waals surface area contributed by atoms with E-state index < -0.39 is 6.10 Å². The van der Waals surface area contributed by atoms with Crippen LogP contribution in [0.1, 0.15) is 18.1 Å². The van der Waals surface area contributed by atoms with Crippen molar-refractivity contribution in [3.05, 3.63) is 52.5 Å². The molecule has 0 radical (unpaired) electrons. The van der Waals surface area contributed by atoms with Gasteiger partial charge in [-0.25, -0.2) is 4.98 Å². The van der Waals surface area contributed by atoms with E-state index in [1.807, 2.05) is 18.4 Å². The highest BCUT2D eigenvalue weighted by molar-refractivity contribution is 7.98. The van der Waals surface area contributed by atoms with Crippen molar-refractivity contribution in [1.29, 1.82) is 0 Å². The van der Waals surface area contributed by atoms with Crippen LogP contribution in [0, 0.1) is 0 Å². The Morgan fingerprint density at radius 1 is 1.20 bits per heavy atom. The molecule has 0 bridgehead atoms. The number of pyridine rings is 1. The van der Waals surface area contributed by atoms with Gasteiger partial charge in [-0.2, -0.15) is 0 Å². The molecule has 0 spiro atoms. The zero-order chi connectivity index (χ0) is 21.1. The topological polar surface area (TPSA) is 72.8 Å². The zero-order valence-electron chi connectivity index (χ0n) is 16.8. The number of aliphatic hydroxyl groups is 1. The maximum Gasteiger partial charge on any atom is 0.231 e. The number of fused-ring (bicyclic) bond motifs is 2. The highest BCUT2D eigenvalue weighted by Gasteiger charge is 2.17. The van der Waals surface area contributed by atoms with Gasteiger partial charge in [0.2, 0.25) is 12.7 Å². The molecule has 0 saturated heterocycles. The summed E-state index contributed by atoms with van der Waals surface area (Å²) in [7, 11) is 0. The Morgan fingerprint density at radius 2 is 2.00 bits per heavy atom. The minimum atomic E-state index is -0.431. The lowest BCUT2D eigenvalue weighted by Gasteiger charge is -2.14. The van der Waals surface area contributed by atoms with Crippen LogP contribution in [0.5, 0.6) is 17.4 Å². The number of aliphatic hydroxyl groups excluding tert-OH is 1. The predicted octanol–water partition coefficient (Wildman–Crippen LogP) is 4.39. The molecule has 2 heterocycles. The molecule has 1 aromatic heterocycles. The van der Waals surface area contributed by atoms with Crippen molar-refractivity contribution in [1.82, 2.24) is 10.3 Å². The summed E-state index contributed by atoms with van der Waals surface area (Å²) in [6.45, 7) is 3.20. The van der Waals surface area contributed by atoms with Crippen LogP contribution in [0.3, 0.4) is 0 Å². The Hall–Kier alpha value is -2.19. The molecule has 1 aliphatic rings. The molecule has 158 valence electrons. The van der Waals surface area contributed by atoms with Crippen LogP contribution in [0.4, 0.5) is 0 Å². The van der Waals surface area contributed by atoms with Crippen molar-refractivity contribution < 1.29 is 19.3 Å². The Labute approximate surface area is 184 Å². The van der Waals surface area contributed by atoms with Gasteiger partial charge >= 0.3 is 0 Å². The molecular formula is C22H23ClN2O4S. The largest absolute Gasteiger partial charge is 0.472 e. The lowest BCUT2D eigenvalue weighted by atomic mass is 10.1. The molecule has 4 rings (SSSR count). The van der Waals surface area contributed by atoms with Crippen LogP contribution in [0.2, 0.25) is 5.02 Å². The Balaban J connectivity index is 1.61. The Bertz CT molecular complexity index is 1060. The maximum atomic E-state index is 9.54. The number of thioether (sulfide) groups is 1. The number of hydrogen-bond donors (Lipinski definition) is 2. The summed E-state index contributed by atoms with van der Waals surface area (Å²) in [5.74, 6) is 1.83. The molecule has 30 heavy (non-hydrogen) atoms. The van der Waals surface area contributed by atoms with E-state index >= 15 is 0 Å². The third-order valence-corrected chi connectivity index (χ3v) is 5.80. The number of nitrogens with one attached hydrogen (secondary N) is 1. The summed E-state index contributed by atoms with van der Waals surface area (Å²) in [4.78, 5) is 5.90. The van der Waals surface area contributed by atoms with E-state index in [4.69, 9.17) is 30.8 Å². The molecule has 1 aliphatic heterocycles. The van der Waals surface area contributed by atoms with Gasteiger partial charge in [-0.1, -0.05) is 17.7 Å². The zero-order valence-corrected chi connectivity index (χ0v) is 18.3. The Morgan fingerprint density at radius 3 is 2.77 bits per heavy atom. The molecule has 0 saturated carbocycles. The molecule has 0 amide bonds. The first-order valence-corrected chi connectivity index (χ1v) is 11.2. The van der Waals surface area contributed by atoms with E-state index in [9.17, 15) is 5.11 Å². The van der Waals surface area contributed by atoms with Gasteiger partial charge in [0.05, 0.1) is 16.6 Å². The second-order valence-corrected chi connectivity index (χ2v) is 8.36. The number of halogens is 1. The van der Waals surface area contributed by atoms with Crippen LogP contribution >= 0.6 is 23.4 Å². The first-order chi connectivity index (χ1) is 14.5. The highest BCUT2D eigenvalue weighted by Crippen LogP contribution is 2.37. The van der Waals surface area contributed by atoms with Gasteiger partial charge in [0.25, 0.3) is 0 Å². The van der Waals surface area contributed by atoms with Gasteiger partial charge in [0.1, 0.15) is 6.61 Å². The standard InChI is InChI=1S/C22H23ClN2O4S/c1-13(26)9-24-10-15-5-14-3-4-17(30-2)7-19(14)25-22(15)27-11-16-6-20-21(8-18(16)23)29-12-28-20/h3-8,13,24,26H,9-12H2,1-2H3. The van der Waals surface area contributed by atoms with Gasteiger partial charge in [0, 0.05) is 40.6 Å². The third-order valence-electron chi connectivity index (χ3n) is 4.73. The van der Waals surface area contributed by atoms with Crippen molar-refractivity contribution in [2.45, 2.75) is 31.1 Å². The maximum absolute atomic E-state index is 9.54. The lowest BCUT2D eigenvalue weighted by Crippen LogP contribution is -2.24. The first-order valence-electron chi connectivity index (χ1n) is 9.61. The summed E-state index contributed by atoms with van der Waals surface area (Å²) < 4.78 is 16.9. The average molecular weight is 447 g/mol. The monoisotopic (exact) mass is 446 g/mol. The molecule has 6 nitrogen and oxygen atoms in total. The van der Waals surface area contributed by atoms with Crippen molar-refractivity contribution >= 4 is 34.3 Å². The number of hydrogen-bond acceptors (Lipinski definition) is 7. The summed E-state index contributed by atoms with van der Waals surface area (Å²) in [6, 6.07) is 11.8. The molecule has 0 fully saturated rings. The van der Waals surface area contributed by atoms with Gasteiger partial charge in [-0.05, 0) is 37.4 Å². The fourth-order valence-corrected chi connectivity index (χ4v) is 3.83. The number of aromatic nitrogens is 1. The van der Waals surface area contributed by atoms with E-state index in [1.54, 1.807) is 24.8 Å². The summed E-state index contributed by atoms with van der Waals surface area (Å²) >= 11 is 8.06. The first kappa shape index (κ1) is 21.1. The van der Waals surface area contributed by atoms with E-state index in [0.29, 0.717) is 35.5 Å². The molecule has 1 unspecified atom stereocenters. The van der Waals surface area contributed by atoms with Crippen LogP contribution in [-0.2, 0) is 13.2 Å². The number of nitrogens with zero attached hydrogens (tertiary/aromatic N) is 1. The minimum absolute atomic E-state index is 0.194. The molecule has 3 aromatic rings. The fraction of sp³-hybridized carbons (Fsp3) is 0.318. The molecule has 2 aromatic carbocycles. The van der Waals surface area contributed by atoms with Gasteiger partial charge in [0.15, 0.2) is 11.5 Å². The SMILES string of the molecule is CSc1ccc2cc(CNCC(C)O)c(OCc3cc4c(cc3Cl)OCO4)nc2c1. The molecule has 0 aliphatic carbocycles. The van der Waals surface area contributed by atoms with Gasteiger partial charge in [-0.15, -0.1) is 11.8 Å². The molecular weight excluding hydrogens is 424 g/mol. The third kappa shape index (κ3) is 4.75. The highest BCUT2D eigenvalue weighted by atomic mass is 35.5. The minimum Gasteiger partial charge on any atom is -0.472 e. The van der Waals surface area contributed by atoms with E-state index in [2.05, 4.69) is 23.5 Å². The van der Waals surface area contributed by atoms with Gasteiger partial charge in [-0.3, -0.25) is 0 Å². The van der Waals surface area contributed by atoms with Crippen molar-refractivity contribution in [2.75, 3.05) is 19.6 Å². The predicted molar refractivity (Wildman–Crippen MR) is 119 cm³/mol. The van der Waals surface area contributed by atoms with Crippen LogP contribution in [-0.4, -0.2) is 35.8 Å². The van der Waals surface area contributed by atoms with Crippen LogP contribution < -0.4 is 19.5 Å². The quantitative estimate of drug-likeness (QED) is 0.497. The number of rotatable bonds is 8. The number of benzene rings is 2. The van der Waals surface area contributed by atoms with Crippen LogP contribution in [0.15, 0.2) is 41.3 Å². The average Bonchev–Trinajstić information content (AvgIpc) is 3.18. The van der Waals surface area contributed by atoms with Crippen molar-refractivity contribution in [3.8, 4) is 17.4 Å². The Kier molecular flexibility index (Phi) is 6.53. The van der Waals surface area contributed by atoms with Crippen molar-refractivity contribution in [3.63, 3.8) is 0 Å². The molecule has 1 atom stereocenters. The van der Waals surface area contributed by atoms with Gasteiger partial charge < -0.3 is 24.6 Å². The summed E-state index contributed by atoms with van der Waals surface area (Å²) in [5.41, 5.74) is 2.58. The molecule has 2 N–H and O–H groups in total. The fourth-order valence-electron chi connectivity index (χ4n) is 3.18. The van der Waals surface area contributed by atoms with Crippen molar-refractivity contribution in [2.24, 2.45) is 0 Å². The normalized spacial score (nSPS) is 13.6. The summed E-state index contributed by atoms with van der Waals surface area (Å²) in [5, 5.41) is 14.4. The lowest BCUT2D eigenvalue weighted by molar-refractivity contribution is 0.174. The van der Waals surface area contributed by atoms with E-state index in [-0.39, 0.29) is 13.4 Å². The second kappa shape index (κ2) is 9.31. The van der Waals surface area contributed by atoms with E-state index in [1.165, 1.54) is 0 Å². The van der Waals surface area contributed by atoms with Crippen LogP contribution in [0.25, 0.3) is 10.9 Å². The number of ether oxygens (including phenoxy) is 3. The second-order valence-electron chi connectivity index (χ2n) is 7.08. The molecule has 8 heteroatoms. The van der Waals surface area contributed by atoms with E-state index in [0.717, 1.165) is 26.9 Å². The summed E-state index contributed by atoms with van der Waals surface area (Å²) in [6.07, 6.45) is 1.61. The smallest absolute Gasteiger partial charge is 0.231 e.